The monoisotopic (exact) mass is 373 g/mol. The lowest BCUT2D eigenvalue weighted by atomic mass is 10.0. The predicted molar refractivity (Wildman–Crippen MR) is 105 cm³/mol. The average molecular weight is 373 g/mol. The van der Waals surface area contributed by atoms with Crippen LogP contribution in [0.25, 0.3) is 0 Å². The van der Waals surface area contributed by atoms with E-state index in [1.54, 1.807) is 7.11 Å². The molecule has 1 fully saturated rings. The minimum Gasteiger partial charge on any atom is -0.493 e. The molecular weight excluding hydrogens is 342 g/mol. The highest BCUT2D eigenvalue weighted by Gasteiger charge is 2.23. The van der Waals surface area contributed by atoms with Crippen molar-refractivity contribution in [1.82, 2.24) is 10.2 Å². The number of carbonyl (C=O) groups is 1. The number of nitrogens with one attached hydrogen (secondary N) is 1. The van der Waals surface area contributed by atoms with E-state index in [4.69, 9.17) is 14.7 Å². The molecule has 6 nitrogen and oxygen atoms in total. The highest BCUT2D eigenvalue weighted by Crippen LogP contribution is 2.28. The van der Waals surface area contributed by atoms with Crippen LogP contribution in [0, 0.1) is 17.2 Å². The minimum absolute atomic E-state index is 0.0698. The topological polar surface area (TPSA) is 74.6 Å². The van der Waals surface area contributed by atoms with Crippen LogP contribution >= 0.6 is 0 Å². The van der Waals surface area contributed by atoms with Gasteiger partial charge in [-0.25, -0.2) is 0 Å². The second-order valence-electron chi connectivity index (χ2n) is 7.23. The zero-order chi connectivity index (χ0) is 19.6. The van der Waals surface area contributed by atoms with Crippen LogP contribution in [-0.2, 0) is 11.3 Å². The Hall–Kier alpha value is -2.26. The standard InChI is InChI=1S/C21H31N3O3/c1-16(2)21(25)24-11-8-18(9-12-24)23-15-17-6-7-19(26-3)20(14-17)27-13-5-4-10-22/h6-7,14,16,18,23H,4-5,8-9,11-13,15H2,1-3H3. The summed E-state index contributed by atoms with van der Waals surface area (Å²) in [5.74, 6) is 1.74. The lowest BCUT2D eigenvalue weighted by molar-refractivity contribution is -0.135. The van der Waals surface area contributed by atoms with E-state index in [1.807, 2.05) is 36.9 Å². The number of piperidine rings is 1. The molecule has 6 heteroatoms. The Balaban J connectivity index is 1.83. The van der Waals surface area contributed by atoms with Crippen molar-refractivity contribution in [2.24, 2.45) is 5.92 Å². The molecule has 1 saturated heterocycles. The van der Waals surface area contributed by atoms with E-state index in [0.29, 0.717) is 37.0 Å². The van der Waals surface area contributed by atoms with Crippen LogP contribution in [0.2, 0.25) is 0 Å². The van der Waals surface area contributed by atoms with E-state index in [-0.39, 0.29) is 11.8 Å². The van der Waals surface area contributed by atoms with E-state index in [1.165, 1.54) is 0 Å². The fourth-order valence-electron chi connectivity index (χ4n) is 3.21. The minimum atomic E-state index is 0.0698. The van der Waals surface area contributed by atoms with Gasteiger partial charge >= 0.3 is 0 Å². The van der Waals surface area contributed by atoms with Crippen molar-refractivity contribution in [2.45, 2.75) is 52.1 Å². The molecule has 0 atom stereocenters. The first-order chi connectivity index (χ1) is 13.0. The van der Waals surface area contributed by atoms with Crippen LogP contribution in [0.15, 0.2) is 18.2 Å². The van der Waals surface area contributed by atoms with Crippen molar-refractivity contribution in [1.29, 1.82) is 5.26 Å². The Morgan fingerprint density at radius 3 is 2.70 bits per heavy atom. The van der Waals surface area contributed by atoms with Crippen molar-refractivity contribution in [2.75, 3.05) is 26.8 Å². The summed E-state index contributed by atoms with van der Waals surface area (Å²) in [5.41, 5.74) is 1.13. The lowest BCUT2D eigenvalue weighted by Gasteiger charge is -2.33. The van der Waals surface area contributed by atoms with E-state index in [2.05, 4.69) is 11.4 Å². The molecule has 0 saturated carbocycles. The van der Waals surface area contributed by atoms with E-state index in [9.17, 15) is 4.79 Å². The van der Waals surface area contributed by atoms with E-state index in [0.717, 1.165) is 38.0 Å². The fraction of sp³-hybridized carbons (Fsp3) is 0.619. The fourth-order valence-corrected chi connectivity index (χ4v) is 3.21. The number of hydrogen-bond donors (Lipinski definition) is 1. The van der Waals surface area contributed by atoms with Gasteiger partial charge in [0.15, 0.2) is 11.5 Å². The van der Waals surface area contributed by atoms with E-state index < -0.39 is 0 Å². The number of methoxy groups -OCH3 is 1. The number of amides is 1. The van der Waals surface area contributed by atoms with Gasteiger partial charge in [0.2, 0.25) is 5.91 Å². The molecule has 1 aliphatic heterocycles. The number of carbonyl (C=O) groups excluding carboxylic acids is 1. The first kappa shape index (κ1) is 21.0. The lowest BCUT2D eigenvalue weighted by Crippen LogP contribution is -2.45. The molecule has 0 spiro atoms. The maximum Gasteiger partial charge on any atom is 0.225 e. The summed E-state index contributed by atoms with van der Waals surface area (Å²) in [7, 11) is 1.63. The van der Waals surface area contributed by atoms with Gasteiger partial charge in [-0.2, -0.15) is 5.26 Å². The van der Waals surface area contributed by atoms with Crippen LogP contribution in [0.4, 0.5) is 0 Å². The summed E-state index contributed by atoms with van der Waals surface area (Å²) in [4.78, 5) is 14.0. The third kappa shape index (κ3) is 6.44. The van der Waals surface area contributed by atoms with Gasteiger partial charge in [-0.3, -0.25) is 4.79 Å². The largest absolute Gasteiger partial charge is 0.493 e. The van der Waals surface area contributed by atoms with Crippen molar-refractivity contribution < 1.29 is 14.3 Å². The van der Waals surface area contributed by atoms with Gasteiger partial charge < -0.3 is 19.7 Å². The number of benzene rings is 1. The van der Waals surface area contributed by atoms with Crippen molar-refractivity contribution >= 4 is 5.91 Å². The van der Waals surface area contributed by atoms with Gasteiger partial charge in [0.1, 0.15) is 0 Å². The van der Waals surface area contributed by atoms with Gasteiger partial charge in [-0.15, -0.1) is 0 Å². The normalized spacial score (nSPS) is 14.9. The third-order valence-corrected chi connectivity index (χ3v) is 4.81. The van der Waals surface area contributed by atoms with Crippen LogP contribution < -0.4 is 14.8 Å². The second kappa shape index (κ2) is 10.8. The van der Waals surface area contributed by atoms with Gasteiger partial charge in [-0.05, 0) is 37.0 Å². The molecule has 2 rings (SSSR count). The maximum absolute atomic E-state index is 12.1. The summed E-state index contributed by atoms with van der Waals surface area (Å²) in [6.45, 7) is 6.81. The Morgan fingerprint density at radius 1 is 1.33 bits per heavy atom. The molecule has 0 radical (unpaired) electrons. The Labute approximate surface area is 162 Å². The summed E-state index contributed by atoms with van der Waals surface area (Å²) in [6, 6.07) is 8.49. The van der Waals surface area contributed by atoms with Gasteiger partial charge in [0.05, 0.1) is 19.8 Å². The molecule has 1 heterocycles. The van der Waals surface area contributed by atoms with Crippen LogP contribution in [0.1, 0.15) is 45.1 Å². The van der Waals surface area contributed by atoms with Gasteiger partial charge in [0.25, 0.3) is 0 Å². The quantitative estimate of drug-likeness (QED) is 0.673. The molecule has 1 N–H and O–H groups in total. The zero-order valence-corrected chi connectivity index (χ0v) is 16.7. The third-order valence-electron chi connectivity index (χ3n) is 4.81. The predicted octanol–water partition coefficient (Wildman–Crippen LogP) is 3.11. The summed E-state index contributed by atoms with van der Waals surface area (Å²) in [5, 5.41) is 12.2. The summed E-state index contributed by atoms with van der Waals surface area (Å²) >= 11 is 0. The molecule has 1 aliphatic rings. The summed E-state index contributed by atoms with van der Waals surface area (Å²) in [6.07, 6.45) is 3.15. The van der Waals surface area contributed by atoms with Gasteiger partial charge in [-0.1, -0.05) is 19.9 Å². The number of nitrogens with zero attached hydrogens (tertiary/aromatic N) is 2. The molecular formula is C21H31N3O3. The molecule has 1 aromatic rings. The smallest absolute Gasteiger partial charge is 0.225 e. The van der Waals surface area contributed by atoms with Crippen LogP contribution in [-0.4, -0.2) is 43.7 Å². The SMILES string of the molecule is COc1ccc(CNC2CCN(C(=O)C(C)C)CC2)cc1OCCCC#N. The highest BCUT2D eigenvalue weighted by atomic mass is 16.5. The zero-order valence-electron chi connectivity index (χ0n) is 16.7. The molecule has 27 heavy (non-hydrogen) atoms. The number of hydrogen-bond acceptors (Lipinski definition) is 5. The number of likely N-dealkylation sites (tertiary alicyclic amines) is 1. The average Bonchev–Trinajstić information content (AvgIpc) is 2.69. The molecule has 0 aliphatic carbocycles. The molecule has 1 aromatic carbocycles. The number of nitriles is 1. The van der Waals surface area contributed by atoms with Crippen LogP contribution in [0.5, 0.6) is 11.5 Å². The number of rotatable bonds is 9. The Bertz CT molecular complexity index is 647. The molecule has 0 bridgehead atoms. The molecule has 1 amide bonds. The first-order valence-corrected chi connectivity index (χ1v) is 9.74. The summed E-state index contributed by atoms with van der Waals surface area (Å²) < 4.78 is 11.1. The molecule has 0 unspecified atom stereocenters. The Kier molecular flexibility index (Phi) is 8.41. The van der Waals surface area contributed by atoms with Gasteiger partial charge in [0, 0.05) is 38.0 Å². The van der Waals surface area contributed by atoms with Crippen molar-refractivity contribution in [3.8, 4) is 17.6 Å². The number of unbranched alkanes of at least 4 members (excludes halogenated alkanes) is 1. The first-order valence-electron chi connectivity index (χ1n) is 9.74. The van der Waals surface area contributed by atoms with E-state index >= 15 is 0 Å². The number of ether oxygens (including phenoxy) is 2. The second-order valence-corrected chi connectivity index (χ2v) is 7.23. The Morgan fingerprint density at radius 2 is 2.07 bits per heavy atom. The van der Waals surface area contributed by atoms with Crippen molar-refractivity contribution in [3.63, 3.8) is 0 Å². The highest BCUT2D eigenvalue weighted by molar-refractivity contribution is 5.78. The van der Waals surface area contributed by atoms with Crippen molar-refractivity contribution in [3.05, 3.63) is 23.8 Å². The molecule has 0 aromatic heterocycles. The molecule has 148 valence electrons. The van der Waals surface area contributed by atoms with Crippen LogP contribution in [0.3, 0.4) is 0 Å². The maximum atomic E-state index is 12.1.